The summed E-state index contributed by atoms with van der Waals surface area (Å²) < 4.78 is 44.2. The number of ether oxygens (including phenoxy) is 1. The second-order valence-corrected chi connectivity index (χ2v) is 6.92. The summed E-state index contributed by atoms with van der Waals surface area (Å²) in [5.74, 6) is 5.92. The molecule has 0 spiro atoms. The monoisotopic (exact) mass is 417 g/mol. The van der Waals surface area contributed by atoms with Gasteiger partial charge in [-0.15, -0.1) is 0 Å². The Morgan fingerprint density at radius 3 is 2.37 bits per heavy atom. The van der Waals surface area contributed by atoms with Gasteiger partial charge in [-0.1, -0.05) is 12.1 Å². The van der Waals surface area contributed by atoms with E-state index in [0.717, 1.165) is 30.7 Å². The quantitative estimate of drug-likeness (QED) is 0.392. The summed E-state index contributed by atoms with van der Waals surface area (Å²) in [5.41, 5.74) is 9.25. The second kappa shape index (κ2) is 8.97. The number of piperidine rings is 1. The molecular weight excluding hydrogens is 395 g/mol. The van der Waals surface area contributed by atoms with E-state index < -0.39 is 11.7 Å². The van der Waals surface area contributed by atoms with E-state index in [0.29, 0.717) is 24.4 Å². The van der Waals surface area contributed by atoms with Crippen LogP contribution in [-0.2, 0) is 6.18 Å². The van der Waals surface area contributed by atoms with Crippen LogP contribution in [0.25, 0.3) is 5.70 Å². The van der Waals surface area contributed by atoms with E-state index >= 15 is 0 Å². The van der Waals surface area contributed by atoms with Gasteiger partial charge < -0.3 is 20.8 Å². The van der Waals surface area contributed by atoms with E-state index in [-0.39, 0.29) is 17.5 Å². The van der Waals surface area contributed by atoms with Crippen LogP contribution in [0.5, 0.6) is 5.75 Å². The van der Waals surface area contributed by atoms with Gasteiger partial charge in [-0.05, 0) is 36.4 Å². The molecule has 1 saturated heterocycles. The molecular formula is C21H22F3N5O. The number of anilines is 1. The van der Waals surface area contributed by atoms with Crippen LogP contribution in [0.1, 0.15) is 24.0 Å². The minimum Gasteiger partial charge on any atom is -0.490 e. The smallest absolute Gasteiger partial charge is 0.416 e. The van der Waals surface area contributed by atoms with E-state index in [1.807, 2.05) is 11.0 Å². The molecule has 1 fully saturated rings. The fourth-order valence-corrected chi connectivity index (χ4v) is 3.34. The van der Waals surface area contributed by atoms with Crippen molar-refractivity contribution < 1.29 is 17.9 Å². The van der Waals surface area contributed by atoms with Crippen molar-refractivity contribution in [3.05, 3.63) is 65.4 Å². The maximum atomic E-state index is 12.7. The molecule has 0 atom stereocenters. The fourth-order valence-electron chi connectivity index (χ4n) is 3.34. The van der Waals surface area contributed by atoms with Crippen molar-refractivity contribution in [3.63, 3.8) is 0 Å². The lowest BCUT2D eigenvalue weighted by atomic mass is 10.1. The van der Waals surface area contributed by atoms with Gasteiger partial charge in [-0.3, -0.25) is 0 Å². The molecule has 5 N–H and O–H groups in total. The normalized spacial score (nSPS) is 15.9. The standard InChI is InChI=1S/C21H22F3N5O/c22-21(23,24)15-4-6-16(7-5-15)29-10-8-17(9-11-29)30-18-3-1-2-14(12-18)20(26)19(13-25)28-27/h1-7,12,17,28H,8-11,26-27H2/b20-19-. The Labute approximate surface area is 172 Å². The van der Waals surface area contributed by atoms with Crippen LogP contribution in [0.2, 0.25) is 0 Å². The third-order valence-electron chi connectivity index (χ3n) is 4.98. The van der Waals surface area contributed by atoms with E-state index in [1.54, 1.807) is 24.3 Å². The molecule has 1 aliphatic rings. The van der Waals surface area contributed by atoms with Crippen LogP contribution in [0.15, 0.2) is 54.2 Å². The first-order valence-corrected chi connectivity index (χ1v) is 9.37. The van der Waals surface area contributed by atoms with Gasteiger partial charge in [0.2, 0.25) is 0 Å². The lowest BCUT2D eigenvalue weighted by Crippen LogP contribution is -2.38. The van der Waals surface area contributed by atoms with E-state index in [1.165, 1.54) is 12.1 Å². The Morgan fingerprint density at radius 2 is 1.80 bits per heavy atom. The molecule has 2 aromatic carbocycles. The number of nitrogens with zero attached hydrogens (tertiary/aromatic N) is 2. The molecule has 0 aromatic heterocycles. The third-order valence-corrected chi connectivity index (χ3v) is 4.98. The highest BCUT2D eigenvalue weighted by atomic mass is 19.4. The summed E-state index contributed by atoms with van der Waals surface area (Å²) in [7, 11) is 0. The topological polar surface area (TPSA) is 100 Å². The molecule has 30 heavy (non-hydrogen) atoms. The number of allylic oxidation sites excluding steroid dienone is 1. The summed E-state index contributed by atoms with van der Waals surface area (Å²) in [6, 6.07) is 14.2. The first-order valence-electron chi connectivity index (χ1n) is 9.37. The number of hydrogen-bond donors (Lipinski definition) is 3. The molecule has 3 rings (SSSR count). The number of benzene rings is 2. The molecule has 9 heteroatoms. The van der Waals surface area contributed by atoms with Crippen molar-refractivity contribution in [3.8, 4) is 11.8 Å². The van der Waals surface area contributed by atoms with Crippen LogP contribution < -0.4 is 26.6 Å². The number of rotatable bonds is 5. The molecule has 6 nitrogen and oxygen atoms in total. The van der Waals surface area contributed by atoms with Gasteiger partial charge >= 0.3 is 6.18 Å². The largest absolute Gasteiger partial charge is 0.490 e. The minimum atomic E-state index is -4.33. The third kappa shape index (κ3) is 4.96. The molecule has 0 aliphatic carbocycles. The van der Waals surface area contributed by atoms with Crippen LogP contribution in [0.4, 0.5) is 18.9 Å². The lowest BCUT2D eigenvalue weighted by Gasteiger charge is -2.34. The van der Waals surface area contributed by atoms with Gasteiger partial charge in [0.05, 0.1) is 11.3 Å². The average Bonchev–Trinajstić information content (AvgIpc) is 2.75. The number of halogens is 3. The van der Waals surface area contributed by atoms with Crippen LogP contribution in [-0.4, -0.2) is 19.2 Å². The highest BCUT2D eigenvalue weighted by Gasteiger charge is 2.30. The van der Waals surface area contributed by atoms with E-state index in [9.17, 15) is 13.2 Å². The molecule has 0 saturated carbocycles. The predicted molar refractivity (Wildman–Crippen MR) is 108 cm³/mol. The zero-order valence-corrected chi connectivity index (χ0v) is 16.1. The molecule has 1 aliphatic heterocycles. The van der Waals surface area contributed by atoms with Crippen molar-refractivity contribution in [2.45, 2.75) is 25.1 Å². The summed E-state index contributed by atoms with van der Waals surface area (Å²) in [6.45, 7) is 1.35. The number of alkyl halides is 3. The molecule has 0 bridgehead atoms. The highest BCUT2D eigenvalue weighted by Crippen LogP contribution is 2.31. The Bertz CT molecular complexity index is 942. The van der Waals surface area contributed by atoms with Crippen LogP contribution >= 0.6 is 0 Å². The fraction of sp³-hybridized carbons (Fsp3) is 0.286. The predicted octanol–water partition coefficient (Wildman–Crippen LogP) is 3.37. The second-order valence-electron chi connectivity index (χ2n) is 6.92. The zero-order valence-electron chi connectivity index (χ0n) is 16.1. The minimum absolute atomic E-state index is 0.0285. The first kappa shape index (κ1) is 21.3. The zero-order chi connectivity index (χ0) is 21.7. The number of nitrogens with two attached hydrogens (primary N) is 2. The summed E-state index contributed by atoms with van der Waals surface area (Å²) in [6.07, 6.45) is -2.91. The number of hydrazine groups is 1. The molecule has 0 amide bonds. The Balaban J connectivity index is 1.61. The van der Waals surface area contributed by atoms with Crippen LogP contribution in [0, 0.1) is 11.3 Å². The molecule has 1 heterocycles. The van der Waals surface area contributed by atoms with E-state index in [4.69, 9.17) is 21.6 Å². The average molecular weight is 417 g/mol. The number of nitrogens with one attached hydrogen (secondary N) is 1. The highest BCUT2D eigenvalue weighted by molar-refractivity contribution is 5.69. The summed E-state index contributed by atoms with van der Waals surface area (Å²) in [4.78, 5) is 2.04. The summed E-state index contributed by atoms with van der Waals surface area (Å²) >= 11 is 0. The van der Waals surface area contributed by atoms with Gasteiger partial charge in [0.1, 0.15) is 17.9 Å². The van der Waals surface area contributed by atoms with Crippen LogP contribution in [0.3, 0.4) is 0 Å². The maximum absolute atomic E-state index is 12.7. The van der Waals surface area contributed by atoms with E-state index in [2.05, 4.69) is 5.43 Å². The molecule has 0 radical (unpaired) electrons. The summed E-state index contributed by atoms with van der Waals surface area (Å²) in [5, 5.41) is 9.04. The van der Waals surface area contributed by atoms with Crippen molar-refractivity contribution in [1.82, 2.24) is 5.43 Å². The Kier molecular flexibility index (Phi) is 6.37. The van der Waals surface area contributed by atoms with Gasteiger partial charge in [-0.25, -0.2) is 5.84 Å². The van der Waals surface area contributed by atoms with Gasteiger partial charge in [0, 0.05) is 37.2 Å². The van der Waals surface area contributed by atoms with Crippen molar-refractivity contribution in [1.29, 1.82) is 5.26 Å². The Hall–Kier alpha value is -3.38. The lowest BCUT2D eigenvalue weighted by molar-refractivity contribution is -0.137. The SMILES string of the molecule is N#C/C(NN)=C(/N)c1cccc(OC2CCN(c3ccc(C(F)(F)F)cc3)CC2)c1. The molecule has 2 aromatic rings. The van der Waals surface area contributed by atoms with Gasteiger partial charge in [-0.2, -0.15) is 18.4 Å². The Morgan fingerprint density at radius 1 is 1.13 bits per heavy atom. The van der Waals surface area contributed by atoms with Gasteiger partial charge in [0.15, 0.2) is 5.70 Å². The number of hydrogen-bond acceptors (Lipinski definition) is 6. The molecule has 158 valence electrons. The number of nitriles is 1. The first-order chi connectivity index (χ1) is 14.3. The van der Waals surface area contributed by atoms with Crippen molar-refractivity contribution >= 4 is 11.4 Å². The van der Waals surface area contributed by atoms with Crippen molar-refractivity contribution in [2.75, 3.05) is 18.0 Å². The van der Waals surface area contributed by atoms with Gasteiger partial charge in [0.25, 0.3) is 0 Å². The maximum Gasteiger partial charge on any atom is 0.416 e. The van der Waals surface area contributed by atoms with Crippen molar-refractivity contribution in [2.24, 2.45) is 11.6 Å². The molecule has 0 unspecified atom stereocenters.